The molecule has 0 spiro atoms. The number of hydrogen-bond donors (Lipinski definition) is 0. The minimum Gasteiger partial charge on any atom is -0.463 e. The first-order valence-electron chi connectivity index (χ1n) is 23.9. The van der Waals surface area contributed by atoms with Gasteiger partial charge in [0.05, 0.1) is 13.2 Å². The molecule has 8 rings (SSSR count). The smallest absolute Gasteiger partial charge is 0.330 e. The van der Waals surface area contributed by atoms with Crippen LogP contribution in [0.25, 0.3) is 38.7 Å². The second-order valence-corrected chi connectivity index (χ2v) is 22.7. The number of aryl methyl sites for hydroxylation is 1. The first kappa shape index (κ1) is 48.6. The maximum atomic E-state index is 16.8. The summed E-state index contributed by atoms with van der Waals surface area (Å²) in [5.41, 5.74) is 3.33. The molecule has 0 heterocycles. The molecule has 0 bridgehead atoms. The third-order valence-electron chi connectivity index (χ3n) is 12.7. The van der Waals surface area contributed by atoms with Crippen molar-refractivity contribution in [3.05, 3.63) is 211 Å². The lowest BCUT2D eigenvalue weighted by atomic mass is 9.91. The fraction of sp³-hybridized carbons (Fsp3) is 0.180. The Kier molecular flexibility index (Phi) is 16.2. The molecule has 6 nitrogen and oxygen atoms in total. The van der Waals surface area contributed by atoms with Crippen LogP contribution in [0, 0.1) is 6.92 Å². The highest BCUT2D eigenvalue weighted by atomic mass is 31.2. The summed E-state index contributed by atoms with van der Waals surface area (Å²) in [5.74, 6) is -0.719. The van der Waals surface area contributed by atoms with Crippen molar-refractivity contribution in [2.24, 2.45) is 0 Å². The van der Waals surface area contributed by atoms with Gasteiger partial charge in [0.1, 0.15) is 0 Å². The van der Waals surface area contributed by atoms with Crippen molar-refractivity contribution in [1.82, 2.24) is 0 Å². The van der Waals surface area contributed by atoms with Gasteiger partial charge in [-0.15, -0.1) is 0 Å². The fourth-order valence-corrected chi connectivity index (χ4v) is 15.0. The van der Waals surface area contributed by atoms with Crippen LogP contribution < -0.4 is 31.8 Å². The van der Waals surface area contributed by atoms with E-state index in [2.05, 4.69) is 31.2 Å². The van der Waals surface area contributed by atoms with Gasteiger partial charge in [-0.25, -0.2) is 9.59 Å². The monoisotopic (exact) mass is 948 g/mol. The molecule has 0 radical (unpaired) electrons. The van der Waals surface area contributed by atoms with Crippen LogP contribution in [0.2, 0.25) is 0 Å². The quantitative estimate of drug-likeness (QED) is 0.0327. The van der Waals surface area contributed by atoms with Gasteiger partial charge in [0.2, 0.25) is 0 Å². The molecule has 69 heavy (non-hydrogen) atoms. The van der Waals surface area contributed by atoms with Crippen LogP contribution in [0.3, 0.4) is 0 Å². The summed E-state index contributed by atoms with van der Waals surface area (Å²) < 4.78 is 44.3. The lowest BCUT2D eigenvalue weighted by Crippen LogP contribution is -2.30. The number of allylic oxidation sites excluding steroid dienone is 1. The summed E-state index contributed by atoms with van der Waals surface area (Å²) in [5, 5.41) is 7.58. The zero-order valence-electron chi connectivity index (χ0n) is 39.3. The van der Waals surface area contributed by atoms with Gasteiger partial charge < -0.3 is 18.6 Å². The summed E-state index contributed by atoms with van der Waals surface area (Å²) in [7, 11) is -7.32. The predicted octanol–water partition coefficient (Wildman–Crippen LogP) is 12.7. The normalized spacial score (nSPS) is 12.0. The van der Waals surface area contributed by atoms with E-state index in [1.54, 1.807) is 19.1 Å². The molecule has 0 amide bonds. The van der Waals surface area contributed by atoms with Gasteiger partial charge in [0.15, 0.2) is 14.3 Å². The van der Waals surface area contributed by atoms with Crippen molar-refractivity contribution < 1.29 is 28.2 Å². The van der Waals surface area contributed by atoms with Crippen molar-refractivity contribution in [2.75, 3.05) is 13.2 Å². The van der Waals surface area contributed by atoms with Gasteiger partial charge in [-0.3, -0.25) is 0 Å². The standard InChI is InChI=1S/C61H58O6P2/c1-3-25-58(62)66-44-21-7-5-4-6-8-22-45-67-59(63)43-38-47-27-24-37-55-53(47)40-42-57(69(65,50-32-17-11-18-33-50)51-34-19-12-20-35-51)61(55)60-54-36-23-26-46(2)52(54)39-41-56(60)68(64,48-28-13-9-14-29-48)49-30-15-10-16-31-49/h3,9-20,23-43H,4-8,21-22,44-45H2,1-2H3/b25-3+,43-38+. The molecule has 8 heteroatoms. The van der Waals surface area contributed by atoms with E-state index in [-0.39, 0.29) is 5.97 Å². The molecular weight excluding hydrogens is 891 g/mol. The molecule has 0 aliphatic heterocycles. The van der Waals surface area contributed by atoms with E-state index in [9.17, 15) is 9.59 Å². The summed E-state index contributed by atoms with van der Waals surface area (Å²) in [6.45, 7) is 4.65. The van der Waals surface area contributed by atoms with E-state index in [4.69, 9.17) is 9.47 Å². The number of fused-ring (bicyclic) bond motifs is 2. The van der Waals surface area contributed by atoms with Crippen LogP contribution in [0.4, 0.5) is 0 Å². The molecule has 0 aliphatic rings. The minimum atomic E-state index is -3.67. The van der Waals surface area contributed by atoms with Crippen molar-refractivity contribution in [1.29, 1.82) is 0 Å². The molecule has 0 aliphatic carbocycles. The Labute approximate surface area is 406 Å². The maximum absolute atomic E-state index is 16.8. The van der Waals surface area contributed by atoms with Crippen LogP contribution in [-0.2, 0) is 28.2 Å². The number of hydrogen-bond acceptors (Lipinski definition) is 6. The Bertz CT molecular complexity index is 3110. The Hall–Kier alpha value is -6.84. The zero-order valence-corrected chi connectivity index (χ0v) is 41.1. The van der Waals surface area contributed by atoms with Gasteiger partial charge in [-0.05, 0) is 77.6 Å². The van der Waals surface area contributed by atoms with Crippen molar-refractivity contribution in [3.8, 4) is 11.1 Å². The fourth-order valence-electron chi connectivity index (χ4n) is 9.30. The Balaban J connectivity index is 1.22. The first-order valence-corrected chi connectivity index (χ1v) is 27.3. The third kappa shape index (κ3) is 10.7. The lowest BCUT2D eigenvalue weighted by molar-refractivity contribution is -0.138. The Morgan fingerprint density at radius 3 is 1.26 bits per heavy atom. The number of carbonyl (C=O) groups is 2. The molecule has 0 saturated carbocycles. The average molecular weight is 949 g/mol. The Morgan fingerprint density at radius 2 is 0.812 bits per heavy atom. The van der Waals surface area contributed by atoms with Crippen molar-refractivity contribution in [2.45, 2.75) is 58.8 Å². The molecule has 0 N–H and O–H groups in total. The molecule has 8 aromatic carbocycles. The molecular formula is C61H58O6P2. The third-order valence-corrected chi connectivity index (χ3v) is 18.9. The highest BCUT2D eigenvalue weighted by Gasteiger charge is 2.38. The lowest BCUT2D eigenvalue weighted by Gasteiger charge is -2.29. The highest BCUT2D eigenvalue weighted by Crippen LogP contribution is 2.52. The minimum absolute atomic E-state index is 0.296. The van der Waals surface area contributed by atoms with E-state index in [0.717, 1.165) is 88.7 Å². The Morgan fingerprint density at radius 1 is 0.420 bits per heavy atom. The summed E-state index contributed by atoms with van der Waals surface area (Å²) in [6, 6.07) is 59.1. The summed E-state index contributed by atoms with van der Waals surface area (Å²) in [6.07, 6.45) is 13.1. The molecule has 0 fully saturated rings. The number of esters is 2. The van der Waals surface area contributed by atoms with Crippen LogP contribution >= 0.6 is 14.3 Å². The molecule has 0 saturated heterocycles. The van der Waals surface area contributed by atoms with Gasteiger partial charge in [0, 0.05) is 55.1 Å². The molecule has 0 unspecified atom stereocenters. The van der Waals surface area contributed by atoms with Crippen LogP contribution in [0.15, 0.2) is 200 Å². The number of rotatable bonds is 20. The first-order chi connectivity index (χ1) is 33.7. The van der Waals surface area contributed by atoms with E-state index in [1.807, 2.05) is 158 Å². The largest absolute Gasteiger partial charge is 0.463 e. The van der Waals surface area contributed by atoms with E-state index in [1.165, 1.54) is 12.2 Å². The van der Waals surface area contributed by atoms with E-state index < -0.39 is 20.3 Å². The second kappa shape index (κ2) is 23.0. The van der Waals surface area contributed by atoms with Crippen molar-refractivity contribution >= 4 is 85.7 Å². The summed E-state index contributed by atoms with van der Waals surface area (Å²) in [4.78, 5) is 24.7. The van der Waals surface area contributed by atoms with Crippen LogP contribution in [-0.4, -0.2) is 25.2 Å². The summed E-state index contributed by atoms with van der Waals surface area (Å²) >= 11 is 0. The van der Waals surface area contributed by atoms with Gasteiger partial charge >= 0.3 is 11.9 Å². The van der Waals surface area contributed by atoms with Gasteiger partial charge in [-0.1, -0.05) is 208 Å². The number of benzene rings is 8. The highest BCUT2D eigenvalue weighted by molar-refractivity contribution is 7.86. The molecule has 348 valence electrons. The van der Waals surface area contributed by atoms with Gasteiger partial charge in [0.25, 0.3) is 0 Å². The maximum Gasteiger partial charge on any atom is 0.330 e. The topological polar surface area (TPSA) is 86.7 Å². The molecule has 8 aromatic rings. The average Bonchev–Trinajstić information content (AvgIpc) is 3.39. The van der Waals surface area contributed by atoms with Crippen molar-refractivity contribution in [3.63, 3.8) is 0 Å². The number of ether oxygens (including phenoxy) is 2. The van der Waals surface area contributed by atoms with E-state index >= 15 is 9.13 Å². The van der Waals surface area contributed by atoms with Crippen LogP contribution in [0.1, 0.15) is 63.0 Å². The predicted molar refractivity (Wildman–Crippen MR) is 288 cm³/mol. The number of unbranched alkanes of at least 4 members (excludes halogenated alkanes) is 6. The molecule has 0 aromatic heterocycles. The second-order valence-electron chi connectivity index (χ2n) is 17.2. The SMILES string of the molecule is C/C=C/C(=O)OCCCCCCCCCOC(=O)/C=C/c1cccc2c(-c3c(P(=O)(c4ccccc4)c4ccccc4)ccc4c(C)cccc34)c(P(=O)(c3ccccc3)c3ccccc3)ccc12. The molecule has 0 atom stereocenters. The zero-order chi connectivity index (χ0) is 48.1. The number of carbonyl (C=O) groups excluding carboxylic acids is 2. The van der Waals surface area contributed by atoms with E-state index in [0.29, 0.717) is 45.0 Å². The van der Waals surface area contributed by atoms with Gasteiger partial charge in [-0.2, -0.15) is 0 Å². The van der Waals surface area contributed by atoms with Crippen LogP contribution in [0.5, 0.6) is 0 Å².